The van der Waals surface area contributed by atoms with Gasteiger partial charge in [0, 0.05) is 74.5 Å². The molecule has 3 N–H and O–H groups in total. The molecule has 7 aromatic carbocycles. The second-order valence-corrected chi connectivity index (χ2v) is 30.5. The van der Waals surface area contributed by atoms with Gasteiger partial charge >= 0.3 is 0 Å². The van der Waals surface area contributed by atoms with Crippen LogP contribution in [0.2, 0.25) is 0 Å². The van der Waals surface area contributed by atoms with Crippen LogP contribution in [-0.4, -0.2) is 58.4 Å². The van der Waals surface area contributed by atoms with Crippen molar-refractivity contribution in [2.75, 3.05) is 69.4 Å². The number of hydrogen-bond donors (Lipinski definition) is 3. The van der Waals surface area contributed by atoms with Crippen LogP contribution in [0.4, 0.5) is 17.1 Å². The third kappa shape index (κ3) is 17.6. The molecule has 0 bridgehead atoms. The zero-order chi connectivity index (χ0) is 67.7. The highest BCUT2D eigenvalue weighted by molar-refractivity contribution is 5.86. The number of anilines is 3. The van der Waals surface area contributed by atoms with Gasteiger partial charge in [0.05, 0.1) is 14.2 Å². The van der Waals surface area contributed by atoms with Crippen LogP contribution in [0.5, 0.6) is 11.5 Å². The Kier molecular flexibility index (Phi) is 25.4. The largest absolute Gasteiger partial charge is 0.497 e. The van der Waals surface area contributed by atoms with Gasteiger partial charge in [-0.1, -0.05) is 215 Å². The Hall–Kier alpha value is -6.50. The van der Waals surface area contributed by atoms with Crippen LogP contribution in [0.1, 0.15) is 304 Å². The first-order chi connectivity index (χ1) is 43.4. The van der Waals surface area contributed by atoms with Gasteiger partial charge in [0.15, 0.2) is 0 Å². The summed E-state index contributed by atoms with van der Waals surface area (Å²) in [4.78, 5) is 2.62. The third-order valence-corrected chi connectivity index (χ3v) is 19.2. The second kappa shape index (κ2) is 32.1. The molecule has 0 saturated carbocycles. The molecule has 6 heteroatoms. The zero-order valence-electron chi connectivity index (χ0n) is 62.2. The van der Waals surface area contributed by atoms with Crippen LogP contribution in [0.15, 0.2) is 103 Å². The summed E-state index contributed by atoms with van der Waals surface area (Å²) in [6.07, 6.45) is 0. The van der Waals surface area contributed by atoms with Crippen LogP contribution in [0.25, 0.3) is 44.5 Å². The fourth-order valence-electron chi connectivity index (χ4n) is 13.5. The molecule has 0 aromatic heterocycles. The predicted octanol–water partition coefficient (Wildman–Crippen LogP) is 24.8. The third-order valence-electron chi connectivity index (χ3n) is 19.2. The molecule has 0 amide bonds. The summed E-state index contributed by atoms with van der Waals surface area (Å²) >= 11 is 0. The quantitative estimate of drug-likeness (QED) is 0.0417. The molecule has 7 aromatic rings. The lowest BCUT2D eigenvalue weighted by Crippen LogP contribution is -2.36. The molecule has 0 atom stereocenters. The molecule has 0 aliphatic rings. The lowest BCUT2D eigenvalue weighted by atomic mass is 9.79. The summed E-state index contributed by atoms with van der Waals surface area (Å²) in [5.41, 5.74) is 31.1. The number of rotatable bonds is 30. The van der Waals surface area contributed by atoms with Gasteiger partial charge in [0.1, 0.15) is 11.5 Å². The van der Waals surface area contributed by atoms with Gasteiger partial charge in [-0.2, -0.15) is 0 Å². The number of methoxy groups -OCH3 is 2. The van der Waals surface area contributed by atoms with E-state index in [0.29, 0.717) is 71.0 Å². The highest BCUT2D eigenvalue weighted by Gasteiger charge is 2.26. The van der Waals surface area contributed by atoms with E-state index in [4.69, 9.17) is 9.47 Å². The molecule has 92 heavy (non-hydrogen) atoms. The van der Waals surface area contributed by atoms with Gasteiger partial charge in [-0.3, -0.25) is 4.90 Å². The smallest absolute Gasteiger partial charge is 0.124 e. The molecular weight excluding hydrogens is 1120 g/mol. The first kappa shape index (κ1) is 72.9. The van der Waals surface area contributed by atoms with Crippen molar-refractivity contribution in [3.63, 3.8) is 0 Å². The average molecular weight is 1240 g/mol. The topological polar surface area (TPSA) is 57.8 Å². The molecular formula is C86H122N4O2. The van der Waals surface area contributed by atoms with Gasteiger partial charge in [-0.25, -0.2) is 0 Å². The van der Waals surface area contributed by atoms with Gasteiger partial charge < -0.3 is 25.4 Å². The number of nitrogens with zero attached hydrogens (tertiary/aromatic N) is 1. The van der Waals surface area contributed by atoms with Crippen molar-refractivity contribution < 1.29 is 9.47 Å². The van der Waals surface area contributed by atoms with Crippen molar-refractivity contribution in [2.24, 2.45) is 0 Å². The normalized spacial score (nSPS) is 12.2. The molecule has 0 spiro atoms. The number of hydrogen-bond acceptors (Lipinski definition) is 6. The van der Waals surface area contributed by atoms with Crippen LogP contribution < -0.4 is 25.4 Å². The van der Waals surface area contributed by atoms with Crippen molar-refractivity contribution in [3.8, 4) is 56.0 Å². The Morgan fingerprint density at radius 1 is 0.250 bits per heavy atom. The molecule has 0 radical (unpaired) electrons. The molecule has 6 nitrogen and oxygen atoms in total. The molecule has 0 aliphatic heterocycles. The average Bonchev–Trinajstić information content (AvgIpc) is 0.773. The molecule has 0 saturated heterocycles. The Balaban J connectivity index is 1.35. The van der Waals surface area contributed by atoms with Gasteiger partial charge in [0.25, 0.3) is 0 Å². The number of nitrogens with one attached hydrogen (secondary N) is 3. The molecule has 0 fully saturated rings. The minimum atomic E-state index is 0.351. The van der Waals surface area contributed by atoms with E-state index in [1.54, 1.807) is 14.2 Å². The maximum atomic E-state index is 5.72. The monoisotopic (exact) mass is 1240 g/mol. The van der Waals surface area contributed by atoms with E-state index in [1.165, 1.54) is 111 Å². The van der Waals surface area contributed by atoms with Gasteiger partial charge in [-0.05, 0) is 219 Å². The van der Waals surface area contributed by atoms with E-state index < -0.39 is 0 Å². The van der Waals surface area contributed by atoms with Crippen LogP contribution >= 0.6 is 0 Å². The van der Waals surface area contributed by atoms with E-state index in [9.17, 15) is 0 Å². The summed E-state index contributed by atoms with van der Waals surface area (Å²) in [7, 11) is 3.43. The molecule has 0 heterocycles. The first-order valence-corrected chi connectivity index (χ1v) is 35.6. The lowest BCUT2D eigenvalue weighted by molar-refractivity contribution is 0.306. The van der Waals surface area contributed by atoms with Crippen molar-refractivity contribution in [1.29, 1.82) is 0 Å². The van der Waals surface area contributed by atoms with E-state index in [-0.39, 0.29) is 0 Å². The molecule has 498 valence electrons. The van der Waals surface area contributed by atoms with E-state index in [0.717, 1.165) is 67.8 Å². The highest BCUT2D eigenvalue weighted by atomic mass is 16.5. The maximum absolute atomic E-state index is 5.72. The summed E-state index contributed by atoms with van der Waals surface area (Å²) in [5.74, 6) is 6.09. The second-order valence-electron chi connectivity index (χ2n) is 30.5. The Morgan fingerprint density at radius 2 is 0.446 bits per heavy atom. The van der Waals surface area contributed by atoms with Gasteiger partial charge in [0.2, 0.25) is 0 Å². The zero-order valence-corrected chi connectivity index (χ0v) is 62.2. The molecule has 0 unspecified atom stereocenters. The summed E-state index contributed by atoms with van der Waals surface area (Å²) in [5, 5.41) is 12.0. The SMILES string of the molecule is COc1cc(NCCN(CCNc2cc(-c3c(C(C)C)cc(C(C)C)cc3C(C)C)cc(-c3c(C(C)C)cc(C(C)C)cc3C(C)C)c2)CCNc2cc(-c3c(C(C)C)cc(C(C)C)cc3C(C)C)cc(-c3c(C(C)C)cc(C(C)C)cc3C(C)C)c2)cc(OC)c1. The summed E-state index contributed by atoms with van der Waals surface area (Å²) < 4.78 is 11.4. The Labute approximate surface area is 560 Å². The molecule has 0 aliphatic carbocycles. The van der Waals surface area contributed by atoms with E-state index >= 15 is 0 Å². The Morgan fingerprint density at radius 3 is 0.620 bits per heavy atom. The van der Waals surface area contributed by atoms with Crippen LogP contribution in [0.3, 0.4) is 0 Å². The van der Waals surface area contributed by atoms with Crippen LogP contribution in [-0.2, 0) is 0 Å². The summed E-state index contributed by atoms with van der Waals surface area (Å²) in [6.45, 7) is 61.5. The van der Waals surface area contributed by atoms with Crippen molar-refractivity contribution in [1.82, 2.24) is 4.90 Å². The van der Waals surface area contributed by atoms with Gasteiger partial charge in [-0.15, -0.1) is 0 Å². The van der Waals surface area contributed by atoms with E-state index in [1.807, 2.05) is 6.07 Å². The Bertz CT molecular complexity index is 3060. The lowest BCUT2D eigenvalue weighted by Gasteiger charge is -2.27. The van der Waals surface area contributed by atoms with Crippen LogP contribution in [0, 0.1) is 0 Å². The fraction of sp³-hybridized carbons (Fsp3) is 0.512. The highest BCUT2D eigenvalue weighted by Crippen LogP contribution is 2.47. The molecule has 7 rings (SSSR count). The minimum absolute atomic E-state index is 0.351. The summed E-state index contributed by atoms with van der Waals surface area (Å²) in [6, 6.07) is 41.1. The number of benzene rings is 7. The first-order valence-electron chi connectivity index (χ1n) is 35.6. The predicted molar refractivity (Wildman–Crippen MR) is 405 cm³/mol. The standard InChI is InChI=1S/C86H122N4O2/c1-50(2)62-39-75(54(9)10)83(76(40-62)55(11)12)66-33-67(84-77(56(13)14)41-63(51(3)4)42-78(84)57(15)16)36-70(35-66)87-27-30-90(32-29-89-72-47-73(91-25)49-74(48-72)92-26)31-28-88-71-37-68(85-79(58(17)18)43-64(52(5)6)44-80(85)59(19)20)34-69(38-71)86-81(60(21)22)45-65(53(7)8)46-82(86)61(23)24/h33-61,87-89H,27-32H2,1-26H3. The minimum Gasteiger partial charge on any atom is -0.497 e. The number of ether oxygens (including phenoxy) is 2. The van der Waals surface area contributed by atoms with E-state index in [2.05, 4.69) is 284 Å². The van der Waals surface area contributed by atoms with Crippen molar-refractivity contribution >= 4 is 17.1 Å². The van der Waals surface area contributed by atoms with Crippen molar-refractivity contribution in [3.05, 3.63) is 170 Å². The van der Waals surface area contributed by atoms with Crippen molar-refractivity contribution in [2.45, 2.75) is 237 Å². The fourth-order valence-corrected chi connectivity index (χ4v) is 13.5. The maximum Gasteiger partial charge on any atom is 0.124 e.